The molecule has 0 aliphatic heterocycles. The van der Waals surface area contributed by atoms with E-state index < -0.39 is 9.84 Å². The Morgan fingerprint density at radius 1 is 1.35 bits per heavy atom. The lowest BCUT2D eigenvalue weighted by molar-refractivity contribution is 0.551. The standard InChI is InChI=1S/C12H18ClNO2S/c1-4-12(2,9-13)14-10-7-5-6-8-11(10)17(3,15)16/h5-8,14H,4,9H2,1-3H3. The van der Waals surface area contributed by atoms with Crippen molar-refractivity contribution in [2.75, 3.05) is 17.5 Å². The van der Waals surface area contributed by atoms with E-state index in [4.69, 9.17) is 11.6 Å². The van der Waals surface area contributed by atoms with Crippen molar-refractivity contribution in [2.24, 2.45) is 0 Å². The van der Waals surface area contributed by atoms with Gasteiger partial charge in [-0.3, -0.25) is 0 Å². The van der Waals surface area contributed by atoms with Crippen LogP contribution in [0, 0.1) is 0 Å². The van der Waals surface area contributed by atoms with Gasteiger partial charge in [-0.25, -0.2) is 8.42 Å². The molecule has 1 atom stereocenters. The molecule has 17 heavy (non-hydrogen) atoms. The highest BCUT2D eigenvalue weighted by atomic mass is 35.5. The van der Waals surface area contributed by atoms with Crippen molar-refractivity contribution in [1.29, 1.82) is 0 Å². The fourth-order valence-electron chi connectivity index (χ4n) is 1.43. The minimum absolute atomic E-state index is 0.303. The number of nitrogens with one attached hydrogen (secondary N) is 1. The van der Waals surface area contributed by atoms with Crippen LogP contribution >= 0.6 is 11.6 Å². The van der Waals surface area contributed by atoms with Crippen molar-refractivity contribution in [3.8, 4) is 0 Å². The molecule has 1 aromatic carbocycles. The molecule has 0 saturated heterocycles. The number of halogens is 1. The summed E-state index contributed by atoms with van der Waals surface area (Å²) in [4.78, 5) is 0.310. The Bertz CT molecular complexity index is 481. The van der Waals surface area contributed by atoms with Crippen LogP contribution in [0.1, 0.15) is 20.3 Å². The summed E-state index contributed by atoms with van der Waals surface area (Å²) in [6.45, 7) is 3.98. The first-order valence-corrected chi connectivity index (χ1v) is 7.88. The summed E-state index contributed by atoms with van der Waals surface area (Å²) < 4.78 is 23.3. The zero-order valence-corrected chi connectivity index (χ0v) is 11.9. The number of benzene rings is 1. The van der Waals surface area contributed by atoms with Gasteiger partial charge in [0, 0.05) is 17.7 Å². The van der Waals surface area contributed by atoms with E-state index in [1.54, 1.807) is 24.3 Å². The molecule has 0 bridgehead atoms. The number of alkyl halides is 1. The van der Waals surface area contributed by atoms with Gasteiger partial charge in [-0.05, 0) is 25.5 Å². The molecular weight excluding hydrogens is 258 g/mol. The van der Waals surface area contributed by atoms with Crippen molar-refractivity contribution < 1.29 is 8.42 Å². The normalized spacial score (nSPS) is 15.3. The first-order valence-electron chi connectivity index (χ1n) is 5.45. The highest BCUT2D eigenvalue weighted by Crippen LogP contribution is 2.26. The van der Waals surface area contributed by atoms with E-state index in [2.05, 4.69) is 5.32 Å². The molecular formula is C12H18ClNO2S. The lowest BCUT2D eigenvalue weighted by Gasteiger charge is -2.29. The molecule has 1 unspecified atom stereocenters. The third kappa shape index (κ3) is 3.61. The Balaban J connectivity index is 3.16. The molecule has 0 amide bonds. The van der Waals surface area contributed by atoms with Crippen LogP contribution in [-0.4, -0.2) is 26.1 Å². The van der Waals surface area contributed by atoms with Crippen molar-refractivity contribution in [1.82, 2.24) is 0 Å². The van der Waals surface area contributed by atoms with Crippen molar-refractivity contribution in [3.63, 3.8) is 0 Å². The summed E-state index contributed by atoms with van der Waals surface area (Å²) >= 11 is 5.91. The molecule has 96 valence electrons. The summed E-state index contributed by atoms with van der Waals surface area (Å²) in [5, 5.41) is 3.22. The van der Waals surface area contributed by atoms with Crippen LogP contribution in [0.5, 0.6) is 0 Å². The van der Waals surface area contributed by atoms with Crippen molar-refractivity contribution >= 4 is 27.1 Å². The first kappa shape index (κ1) is 14.3. The SMILES string of the molecule is CCC(C)(CCl)Nc1ccccc1S(C)(=O)=O. The highest BCUT2D eigenvalue weighted by Gasteiger charge is 2.23. The highest BCUT2D eigenvalue weighted by molar-refractivity contribution is 7.90. The second-order valence-electron chi connectivity index (χ2n) is 4.44. The van der Waals surface area contributed by atoms with Gasteiger partial charge in [0.2, 0.25) is 0 Å². The van der Waals surface area contributed by atoms with E-state index in [9.17, 15) is 8.42 Å². The fraction of sp³-hybridized carbons (Fsp3) is 0.500. The molecule has 1 N–H and O–H groups in total. The third-order valence-electron chi connectivity index (χ3n) is 2.80. The van der Waals surface area contributed by atoms with Gasteiger partial charge in [0.1, 0.15) is 0 Å². The number of para-hydroxylation sites is 1. The van der Waals surface area contributed by atoms with Crippen molar-refractivity contribution in [2.45, 2.75) is 30.7 Å². The van der Waals surface area contributed by atoms with Gasteiger partial charge in [0.15, 0.2) is 9.84 Å². The number of hydrogen-bond donors (Lipinski definition) is 1. The molecule has 3 nitrogen and oxygen atoms in total. The summed E-state index contributed by atoms with van der Waals surface area (Å²) in [7, 11) is -3.23. The van der Waals surface area contributed by atoms with E-state index in [0.717, 1.165) is 6.42 Å². The monoisotopic (exact) mass is 275 g/mol. The van der Waals surface area contributed by atoms with Crippen LogP contribution in [0.4, 0.5) is 5.69 Å². The average Bonchev–Trinajstić information content (AvgIpc) is 2.28. The first-order chi connectivity index (χ1) is 7.82. The maximum absolute atomic E-state index is 11.6. The molecule has 0 aromatic heterocycles. The summed E-state index contributed by atoms with van der Waals surface area (Å²) in [5.41, 5.74) is 0.308. The predicted octanol–water partition coefficient (Wildman–Crippen LogP) is 2.91. The number of rotatable bonds is 5. The molecule has 1 rings (SSSR count). The van der Waals surface area contributed by atoms with Gasteiger partial charge in [0.05, 0.1) is 10.6 Å². The second-order valence-corrected chi connectivity index (χ2v) is 6.69. The fourth-order valence-corrected chi connectivity index (χ4v) is 2.53. The second kappa shape index (κ2) is 5.27. The molecule has 0 aliphatic rings. The zero-order chi connectivity index (χ0) is 13.1. The van der Waals surface area contributed by atoms with Gasteiger partial charge >= 0.3 is 0 Å². The molecule has 5 heteroatoms. The Labute approximate surface area is 108 Å². The Hall–Kier alpha value is -0.740. The third-order valence-corrected chi connectivity index (χ3v) is 4.54. The average molecular weight is 276 g/mol. The van der Waals surface area contributed by atoms with E-state index in [-0.39, 0.29) is 5.54 Å². The Morgan fingerprint density at radius 2 is 1.94 bits per heavy atom. The Morgan fingerprint density at radius 3 is 2.41 bits per heavy atom. The minimum Gasteiger partial charge on any atom is -0.378 e. The Kier molecular flexibility index (Phi) is 4.44. The van der Waals surface area contributed by atoms with Gasteiger partial charge in [0.25, 0.3) is 0 Å². The molecule has 0 radical (unpaired) electrons. The summed E-state index contributed by atoms with van der Waals surface area (Å²) in [6.07, 6.45) is 2.02. The van der Waals surface area contributed by atoms with Gasteiger partial charge < -0.3 is 5.32 Å². The van der Waals surface area contributed by atoms with Crippen molar-refractivity contribution in [3.05, 3.63) is 24.3 Å². The van der Waals surface area contributed by atoms with Gasteiger partial charge in [-0.2, -0.15) is 0 Å². The van der Waals surface area contributed by atoms with Crippen LogP contribution < -0.4 is 5.32 Å². The summed E-state index contributed by atoms with van der Waals surface area (Å²) in [5.74, 6) is 0.418. The largest absolute Gasteiger partial charge is 0.378 e. The van der Waals surface area contributed by atoms with Crippen LogP contribution in [0.3, 0.4) is 0 Å². The van der Waals surface area contributed by atoms with E-state index in [0.29, 0.717) is 16.5 Å². The van der Waals surface area contributed by atoms with E-state index in [1.165, 1.54) is 6.26 Å². The number of hydrogen-bond acceptors (Lipinski definition) is 3. The van der Waals surface area contributed by atoms with E-state index in [1.807, 2.05) is 13.8 Å². The molecule has 0 fully saturated rings. The van der Waals surface area contributed by atoms with Crippen LogP contribution in [0.2, 0.25) is 0 Å². The molecule has 0 spiro atoms. The molecule has 0 saturated carbocycles. The van der Waals surface area contributed by atoms with Crippen LogP contribution in [-0.2, 0) is 9.84 Å². The predicted molar refractivity (Wildman–Crippen MR) is 72.6 cm³/mol. The molecule has 1 aromatic rings. The quantitative estimate of drug-likeness (QED) is 0.841. The summed E-state index contributed by atoms with van der Waals surface area (Å²) in [6, 6.07) is 6.88. The molecule has 0 heterocycles. The lowest BCUT2D eigenvalue weighted by Crippen LogP contribution is -2.36. The maximum atomic E-state index is 11.6. The minimum atomic E-state index is -3.23. The lowest BCUT2D eigenvalue weighted by atomic mass is 10.0. The maximum Gasteiger partial charge on any atom is 0.177 e. The zero-order valence-electron chi connectivity index (χ0n) is 10.3. The van der Waals surface area contributed by atoms with Crippen LogP contribution in [0.15, 0.2) is 29.2 Å². The topological polar surface area (TPSA) is 46.2 Å². The van der Waals surface area contributed by atoms with Gasteiger partial charge in [-0.15, -0.1) is 11.6 Å². The number of anilines is 1. The number of sulfone groups is 1. The molecule has 0 aliphatic carbocycles. The van der Waals surface area contributed by atoms with Crippen LogP contribution in [0.25, 0.3) is 0 Å². The van der Waals surface area contributed by atoms with Gasteiger partial charge in [-0.1, -0.05) is 19.1 Å². The van der Waals surface area contributed by atoms with E-state index >= 15 is 0 Å². The smallest absolute Gasteiger partial charge is 0.177 e.